The molecule has 1 aromatic carbocycles. The molecule has 0 aliphatic heterocycles. The van der Waals surface area contributed by atoms with Gasteiger partial charge in [0.1, 0.15) is 0 Å². The van der Waals surface area contributed by atoms with Crippen molar-refractivity contribution in [3.63, 3.8) is 0 Å². The van der Waals surface area contributed by atoms with Gasteiger partial charge < -0.3 is 15.7 Å². The zero-order valence-electron chi connectivity index (χ0n) is 15.4. The van der Waals surface area contributed by atoms with Crippen LogP contribution in [0.4, 0.5) is 5.69 Å². The van der Waals surface area contributed by atoms with Gasteiger partial charge in [0.25, 0.3) is 5.69 Å². The number of nitro benzene ring substituents is 1. The number of hydrogen-bond acceptors (Lipinski definition) is 4. The molecular weight excluding hydrogens is 320 g/mol. The molecule has 140 valence electrons. The van der Waals surface area contributed by atoms with Crippen molar-refractivity contribution >= 4 is 11.6 Å². The molecule has 0 fully saturated rings. The van der Waals surface area contributed by atoms with E-state index < -0.39 is 4.92 Å². The van der Waals surface area contributed by atoms with E-state index in [4.69, 9.17) is 0 Å². The van der Waals surface area contributed by atoms with Crippen molar-refractivity contribution in [1.82, 2.24) is 10.6 Å². The lowest BCUT2D eigenvalue weighted by atomic mass is 9.94. The molecule has 0 amide bonds. The van der Waals surface area contributed by atoms with Gasteiger partial charge >= 0.3 is 0 Å². The number of aliphatic imine (C=N–C) groups is 1. The first-order valence-corrected chi connectivity index (χ1v) is 8.82. The molecule has 1 unspecified atom stereocenters. The van der Waals surface area contributed by atoms with Gasteiger partial charge in [-0.25, -0.2) is 4.99 Å². The van der Waals surface area contributed by atoms with Crippen LogP contribution in [0.15, 0.2) is 29.3 Å². The van der Waals surface area contributed by atoms with Crippen LogP contribution in [-0.2, 0) is 6.54 Å². The lowest BCUT2D eigenvalue weighted by Crippen LogP contribution is -2.40. The molecule has 7 heteroatoms. The van der Waals surface area contributed by atoms with Crippen molar-refractivity contribution in [2.45, 2.75) is 40.2 Å². The summed E-state index contributed by atoms with van der Waals surface area (Å²) in [7, 11) is 0. The third-order valence-electron chi connectivity index (χ3n) is 3.81. The Bertz CT molecular complexity index is 544. The number of nitro groups is 1. The Labute approximate surface area is 149 Å². The van der Waals surface area contributed by atoms with E-state index in [9.17, 15) is 15.2 Å². The van der Waals surface area contributed by atoms with Gasteiger partial charge in [-0.1, -0.05) is 26.0 Å². The molecule has 0 saturated carbocycles. The highest BCUT2D eigenvalue weighted by Gasteiger charge is 2.11. The van der Waals surface area contributed by atoms with Gasteiger partial charge in [0.05, 0.1) is 11.5 Å². The summed E-state index contributed by atoms with van der Waals surface area (Å²) in [6.07, 6.45) is 1.82. The summed E-state index contributed by atoms with van der Waals surface area (Å²) in [4.78, 5) is 14.8. The predicted octanol–water partition coefficient (Wildman–Crippen LogP) is 2.69. The number of nitrogens with zero attached hydrogens (tertiary/aromatic N) is 2. The van der Waals surface area contributed by atoms with Crippen LogP contribution < -0.4 is 10.6 Å². The summed E-state index contributed by atoms with van der Waals surface area (Å²) in [5.41, 5.74) is 0.996. The molecule has 0 spiro atoms. The molecule has 7 nitrogen and oxygen atoms in total. The van der Waals surface area contributed by atoms with Crippen molar-refractivity contribution in [2.24, 2.45) is 16.8 Å². The first kappa shape index (κ1) is 20.9. The lowest BCUT2D eigenvalue weighted by molar-refractivity contribution is -0.384. The summed E-state index contributed by atoms with van der Waals surface area (Å²) >= 11 is 0. The number of aliphatic hydroxyl groups excluding tert-OH is 1. The van der Waals surface area contributed by atoms with Crippen LogP contribution in [0, 0.1) is 22.0 Å². The van der Waals surface area contributed by atoms with Crippen molar-refractivity contribution < 1.29 is 10.0 Å². The lowest BCUT2D eigenvalue weighted by Gasteiger charge is -2.20. The molecule has 0 bridgehead atoms. The van der Waals surface area contributed by atoms with Crippen molar-refractivity contribution in [1.29, 1.82) is 0 Å². The number of hydrogen-bond donors (Lipinski definition) is 3. The minimum Gasteiger partial charge on any atom is -0.396 e. The maximum absolute atomic E-state index is 10.7. The number of nitrogens with one attached hydrogen (secondary N) is 2. The number of guanidine groups is 1. The van der Waals surface area contributed by atoms with Crippen molar-refractivity contribution in [3.05, 3.63) is 39.9 Å². The SMILES string of the molecule is CCNC(=NCc1ccc([N+](=O)[O-])cc1)NCC(CCO)CC(C)C. The Morgan fingerprint density at radius 1 is 1.28 bits per heavy atom. The highest BCUT2D eigenvalue weighted by molar-refractivity contribution is 5.79. The fourth-order valence-corrected chi connectivity index (χ4v) is 2.63. The zero-order chi connectivity index (χ0) is 18.7. The van der Waals surface area contributed by atoms with Gasteiger partial charge in [-0.2, -0.15) is 0 Å². The Kier molecular flexibility index (Phi) is 9.54. The summed E-state index contributed by atoms with van der Waals surface area (Å²) in [5.74, 6) is 1.69. The summed E-state index contributed by atoms with van der Waals surface area (Å²) in [5, 5.41) is 26.4. The summed E-state index contributed by atoms with van der Waals surface area (Å²) in [6.45, 7) is 8.50. The van der Waals surface area contributed by atoms with E-state index in [0.29, 0.717) is 24.3 Å². The molecule has 1 rings (SSSR count). The number of aliphatic hydroxyl groups is 1. The molecule has 0 aliphatic carbocycles. The minimum absolute atomic E-state index is 0.0818. The van der Waals surface area contributed by atoms with E-state index in [1.807, 2.05) is 6.92 Å². The van der Waals surface area contributed by atoms with E-state index in [0.717, 1.165) is 31.5 Å². The fourth-order valence-electron chi connectivity index (χ4n) is 2.63. The average Bonchev–Trinajstić information content (AvgIpc) is 2.57. The third kappa shape index (κ3) is 8.49. The van der Waals surface area contributed by atoms with E-state index in [2.05, 4.69) is 29.5 Å². The van der Waals surface area contributed by atoms with E-state index in [1.54, 1.807) is 12.1 Å². The number of rotatable bonds is 10. The van der Waals surface area contributed by atoms with Gasteiger partial charge in [0, 0.05) is 31.8 Å². The highest BCUT2D eigenvalue weighted by Crippen LogP contribution is 2.14. The minimum atomic E-state index is -0.408. The van der Waals surface area contributed by atoms with Crippen LogP contribution in [0.2, 0.25) is 0 Å². The molecule has 0 aliphatic rings. The van der Waals surface area contributed by atoms with Crippen LogP contribution >= 0.6 is 0 Å². The van der Waals surface area contributed by atoms with Crippen molar-refractivity contribution in [2.75, 3.05) is 19.7 Å². The maximum Gasteiger partial charge on any atom is 0.269 e. The van der Waals surface area contributed by atoms with Crippen LogP contribution in [-0.4, -0.2) is 35.7 Å². The largest absolute Gasteiger partial charge is 0.396 e. The quantitative estimate of drug-likeness (QED) is 0.261. The van der Waals surface area contributed by atoms with Crippen LogP contribution in [0.25, 0.3) is 0 Å². The monoisotopic (exact) mass is 350 g/mol. The van der Waals surface area contributed by atoms with Crippen LogP contribution in [0.1, 0.15) is 39.2 Å². The molecule has 0 heterocycles. The summed E-state index contributed by atoms with van der Waals surface area (Å²) < 4.78 is 0. The maximum atomic E-state index is 10.7. The fraction of sp³-hybridized carbons (Fsp3) is 0.611. The normalized spacial score (nSPS) is 12.9. The van der Waals surface area contributed by atoms with Gasteiger partial charge in [-0.3, -0.25) is 10.1 Å². The predicted molar refractivity (Wildman–Crippen MR) is 101 cm³/mol. The standard InChI is InChI=1S/C18H30N4O3/c1-4-19-18(21-13-16(9-10-23)11-14(2)3)20-12-15-5-7-17(8-6-15)22(24)25/h5-8,14,16,23H,4,9-13H2,1-3H3,(H2,19,20,21). The molecule has 1 aromatic rings. The Hall–Kier alpha value is -2.15. The Morgan fingerprint density at radius 3 is 2.48 bits per heavy atom. The van der Waals surface area contributed by atoms with Gasteiger partial charge in [-0.05, 0) is 37.2 Å². The highest BCUT2D eigenvalue weighted by atomic mass is 16.6. The molecule has 3 N–H and O–H groups in total. The molecule has 25 heavy (non-hydrogen) atoms. The zero-order valence-corrected chi connectivity index (χ0v) is 15.4. The van der Waals surface area contributed by atoms with E-state index >= 15 is 0 Å². The Morgan fingerprint density at radius 2 is 1.96 bits per heavy atom. The van der Waals surface area contributed by atoms with E-state index in [-0.39, 0.29) is 12.3 Å². The van der Waals surface area contributed by atoms with Gasteiger partial charge in [-0.15, -0.1) is 0 Å². The first-order chi connectivity index (χ1) is 12.0. The summed E-state index contributed by atoms with van der Waals surface area (Å²) in [6, 6.07) is 6.42. The average molecular weight is 350 g/mol. The second-order valence-corrected chi connectivity index (χ2v) is 6.51. The Balaban J connectivity index is 2.64. The van der Waals surface area contributed by atoms with Gasteiger partial charge in [0.2, 0.25) is 0 Å². The first-order valence-electron chi connectivity index (χ1n) is 8.82. The number of benzene rings is 1. The molecule has 0 aromatic heterocycles. The second-order valence-electron chi connectivity index (χ2n) is 6.51. The smallest absolute Gasteiger partial charge is 0.269 e. The molecular formula is C18H30N4O3. The molecule has 0 radical (unpaired) electrons. The van der Waals surface area contributed by atoms with Crippen LogP contribution in [0.3, 0.4) is 0 Å². The second kappa shape index (κ2) is 11.4. The topological polar surface area (TPSA) is 99.8 Å². The third-order valence-corrected chi connectivity index (χ3v) is 3.81. The molecule has 1 atom stereocenters. The van der Waals surface area contributed by atoms with Crippen LogP contribution in [0.5, 0.6) is 0 Å². The number of non-ortho nitro benzene ring substituents is 1. The van der Waals surface area contributed by atoms with E-state index in [1.165, 1.54) is 12.1 Å². The van der Waals surface area contributed by atoms with Gasteiger partial charge in [0.15, 0.2) is 5.96 Å². The van der Waals surface area contributed by atoms with Crippen molar-refractivity contribution in [3.8, 4) is 0 Å². The molecule has 0 saturated heterocycles.